The van der Waals surface area contributed by atoms with Gasteiger partial charge in [-0.3, -0.25) is 4.79 Å². The van der Waals surface area contributed by atoms with Crippen LogP contribution in [0.25, 0.3) is 0 Å². The maximum absolute atomic E-state index is 12.2. The van der Waals surface area contributed by atoms with Crippen LogP contribution in [0, 0.1) is 12.8 Å². The predicted octanol–water partition coefficient (Wildman–Crippen LogP) is 2.35. The number of hydrogen-bond donors (Lipinski definition) is 2. The first kappa shape index (κ1) is 15.0. The Morgan fingerprint density at radius 2 is 2.21 bits per heavy atom. The quantitative estimate of drug-likeness (QED) is 0.855. The molecule has 0 spiro atoms. The van der Waals surface area contributed by atoms with Gasteiger partial charge in [0.2, 0.25) is 10.0 Å². The summed E-state index contributed by atoms with van der Waals surface area (Å²) in [5.74, 6) is -1.29. The highest BCUT2D eigenvalue weighted by Crippen LogP contribution is 2.32. The van der Waals surface area contributed by atoms with Crippen molar-refractivity contribution in [2.75, 3.05) is 0 Å². The van der Waals surface area contributed by atoms with Gasteiger partial charge in [-0.25, -0.2) is 13.1 Å². The predicted molar refractivity (Wildman–Crippen MR) is 75.8 cm³/mol. The second-order valence-corrected chi connectivity index (χ2v) is 9.00. The minimum Gasteiger partial charge on any atom is -0.481 e. The van der Waals surface area contributed by atoms with Crippen molar-refractivity contribution in [3.63, 3.8) is 0 Å². The molecule has 1 heterocycles. The first-order valence-electron chi connectivity index (χ1n) is 5.80. The smallest absolute Gasteiger partial charge is 0.306 e. The van der Waals surface area contributed by atoms with E-state index in [-0.39, 0.29) is 10.3 Å². The molecule has 19 heavy (non-hydrogen) atoms. The molecule has 106 valence electrons. The fourth-order valence-corrected chi connectivity index (χ4v) is 5.68. The van der Waals surface area contributed by atoms with Crippen LogP contribution < -0.4 is 4.72 Å². The number of aryl methyl sites for hydroxylation is 1. The third-order valence-corrected chi connectivity index (χ3v) is 7.33. The van der Waals surface area contributed by atoms with E-state index in [0.717, 1.165) is 20.7 Å². The molecule has 2 unspecified atom stereocenters. The van der Waals surface area contributed by atoms with E-state index in [1.54, 1.807) is 6.07 Å². The van der Waals surface area contributed by atoms with Crippen molar-refractivity contribution in [2.45, 2.75) is 36.4 Å². The van der Waals surface area contributed by atoms with E-state index in [9.17, 15) is 13.2 Å². The Morgan fingerprint density at radius 1 is 1.53 bits per heavy atom. The number of nitrogens with one attached hydrogen (secondary N) is 1. The third kappa shape index (κ3) is 3.36. The van der Waals surface area contributed by atoms with Crippen LogP contribution in [0.5, 0.6) is 0 Å². The number of carboxylic acid groups (broad SMARTS) is 1. The van der Waals surface area contributed by atoms with Crippen LogP contribution in [0.1, 0.15) is 24.8 Å². The van der Waals surface area contributed by atoms with Crippen LogP contribution in [0.3, 0.4) is 0 Å². The van der Waals surface area contributed by atoms with E-state index in [4.69, 9.17) is 5.11 Å². The Bertz CT molecular complexity index is 576. The summed E-state index contributed by atoms with van der Waals surface area (Å²) in [4.78, 5) is 10.8. The van der Waals surface area contributed by atoms with Gasteiger partial charge >= 0.3 is 5.97 Å². The van der Waals surface area contributed by atoms with Gasteiger partial charge in [0.1, 0.15) is 4.21 Å². The second-order valence-electron chi connectivity index (χ2n) is 4.69. The number of sulfonamides is 1. The zero-order valence-corrected chi connectivity index (χ0v) is 13.4. The molecular formula is C11H14BrNO4S2. The molecule has 8 heteroatoms. The molecule has 2 N–H and O–H groups in total. The average Bonchev–Trinajstić information content (AvgIpc) is 2.87. The van der Waals surface area contributed by atoms with Crippen LogP contribution in [0.15, 0.2) is 14.1 Å². The Labute approximate surface area is 124 Å². The summed E-state index contributed by atoms with van der Waals surface area (Å²) in [7, 11) is -3.55. The van der Waals surface area contributed by atoms with Crippen molar-refractivity contribution < 1.29 is 18.3 Å². The summed E-state index contributed by atoms with van der Waals surface area (Å²) in [6.45, 7) is 1.83. The van der Waals surface area contributed by atoms with Crippen molar-refractivity contribution in [2.24, 2.45) is 5.92 Å². The van der Waals surface area contributed by atoms with Gasteiger partial charge in [0.05, 0.1) is 9.70 Å². The fourth-order valence-electron chi connectivity index (χ4n) is 2.15. The standard InChI is InChI=1S/C11H14BrNO4S2/c1-6-4-9(18-10(6)12)19(16,17)13-8-3-2-7(5-8)11(14)15/h4,7-8,13H,2-3,5H2,1H3,(H,14,15). The van der Waals surface area contributed by atoms with Crippen molar-refractivity contribution >= 4 is 43.3 Å². The largest absolute Gasteiger partial charge is 0.481 e. The summed E-state index contributed by atoms with van der Waals surface area (Å²) in [5, 5.41) is 8.90. The monoisotopic (exact) mass is 367 g/mol. The molecular weight excluding hydrogens is 354 g/mol. The van der Waals surface area contributed by atoms with Gasteiger partial charge in [-0.05, 0) is 53.7 Å². The molecule has 0 aromatic carbocycles. The molecule has 1 aromatic rings. The highest BCUT2D eigenvalue weighted by molar-refractivity contribution is 9.11. The first-order valence-corrected chi connectivity index (χ1v) is 8.90. The molecule has 1 saturated carbocycles. The summed E-state index contributed by atoms with van der Waals surface area (Å²) in [6.07, 6.45) is 1.46. The number of thiophene rings is 1. The number of aliphatic carboxylic acids is 1. The highest BCUT2D eigenvalue weighted by Gasteiger charge is 2.33. The van der Waals surface area contributed by atoms with Crippen LogP contribution >= 0.6 is 27.3 Å². The van der Waals surface area contributed by atoms with Crippen molar-refractivity contribution in [1.82, 2.24) is 4.72 Å². The Hall–Kier alpha value is -0.440. The minimum atomic E-state index is -3.55. The zero-order chi connectivity index (χ0) is 14.2. The Morgan fingerprint density at radius 3 is 2.68 bits per heavy atom. The van der Waals surface area contributed by atoms with Gasteiger partial charge in [-0.2, -0.15) is 0 Å². The van der Waals surface area contributed by atoms with E-state index in [0.29, 0.717) is 19.3 Å². The lowest BCUT2D eigenvalue weighted by molar-refractivity contribution is -0.141. The molecule has 1 fully saturated rings. The van der Waals surface area contributed by atoms with Crippen LogP contribution in [0.4, 0.5) is 0 Å². The third-order valence-electron chi connectivity index (χ3n) is 3.20. The van der Waals surface area contributed by atoms with Gasteiger partial charge in [0, 0.05) is 6.04 Å². The lowest BCUT2D eigenvalue weighted by atomic mass is 10.1. The Kier molecular flexibility index (Phi) is 4.34. The zero-order valence-electron chi connectivity index (χ0n) is 10.2. The van der Waals surface area contributed by atoms with Gasteiger partial charge in [-0.1, -0.05) is 0 Å². The molecule has 0 radical (unpaired) electrons. The van der Waals surface area contributed by atoms with Crippen molar-refractivity contribution in [1.29, 1.82) is 0 Å². The van der Waals surface area contributed by atoms with Gasteiger partial charge < -0.3 is 5.11 Å². The number of carbonyl (C=O) groups is 1. The molecule has 2 rings (SSSR count). The van der Waals surface area contributed by atoms with Crippen LogP contribution in [0.2, 0.25) is 0 Å². The molecule has 0 bridgehead atoms. The van der Waals surface area contributed by atoms with E-state index in [1.165, 1.54) is 0 Å². The van der Waals surface area contributed by atoms with Crippen molar-refractivity contribution in [3.05, 3.63) is 15.4 Å². The molecule has 0 aliphatic heterocycles. The van der Waals surface area contributed by atoms with Crippen LogP contribution in [-0.2, 0) is 14.8 Å². The summed E-state index contributed by atoms with van der Waals surface area (Å²) < 4.78 is 28.0. The lowest BCUT2D eigenvalue weighted by Gasteiger charge is -2.11. The molecule has 2 atom stereocenters. The van der Waals surface area contributed by atoms with Crippen molar-refractivity contribution in [3.8, 4) is 0 Å². The number of halogens is 1. The SMILES string of the molecule is Cc1cc(S(=O)(=O)NC2CCC(C(=O)O)C2)sc1Br. The van der Waals surface area contributed by atoms with Crippen LogP contribution in [-0.4, -0.2) is 25.5 Å². The number of hydrogen-bond acceptors (Lipinski definition) is 4. The molecule has 0 saturated heterocycles. The molecule has 1 aliphatic rings. The first-order chi connectivity index (χ1) is 8.79. The molecule has 1 aromatic heterocycles. The molecule has 0 amide bonds. The summed E-state index contributed by atoms with van der Waals surface area (Å²) >= 11 is 4.46. The van der Waals surface area contributed by atoms with E-state index >= 15 is 0 Å². The average molecular weight is 368 g/mol. The summed E-state index contributed by atoms with van der Waals surface area (Å²) in [6, 6.07) is 1.33. The molecule has 1 aliphatic carbocycles. The Balaban J connectivity index is 2.08. The van der Waals surface area contributed by atoms with Gasteiger partial charge in [0.15, 0.2) is 0 Å². The topological polar surface area (TPSA) is 83.5 Å². The van der Waals surface area contributed by atoms with E-state index in [1.807, 2.05) is 6.92 Å². The maximum Gasteiger partial charge on any atom is 0.306 e. The normalized spacial score (nSPS) is 23.7. The second kappa shape index (κ2) is 5.51. The van der Waals surface area contributed by atoms with E-state index in [2.05, 4.69) is 20.7 Å². The number of rotatable bonds is 4. The minimum absolute atomic E-state index is 0.260. The number of carboxylic acids is 1. The highest BCUT2D eigenvalue weighted by atomic mass is 79.9. The van der Waals surface area contributed by atoms with Gasteiger partial charge in [-0.15, -0.1) is 11.3 Å². The maximum atomic E-state index is 12.2. The van der Waals surface area contributed by atoms with Gasteiger partial charge in [0.25, 0.3) is 0 Å². The molecule has 5 nitrogen and oxygen atoms in total. The summed E-state index contributed by atoms with van der Waals surface area (Å²) in [5.41, 5.74) is 0.875. The lowest BCUT2D eigenvalue weighted by Crippen LogP contribution is -2.32. The fraction of sp³-hybridized carbons (Fsp3) is 0.545. The van der Waals surface area contributed by atoms with E-state index < -0.39 is 21.9 Å².